The topological polar surface area (TPSA) is 69.6 Å². The van der Waals surface area contributed by atoms with Gasteiger partial charge in [-0.05, 0) is 30.4 Å². The summed E-state index contributed by atoms with van der Waals surface area (Å²) >= 11 is 0. The van der Waals surface area contributed by atoms with Gasteiger partial charge in [-0.25, -0.2) is 0 Å². The van der Waals surface area contributed by atoms with Crippen LogP contribution in [0.3, 0.4) is 0 Å². The highest BCUT2D eigenvalue weighted by Crippen LogP contribution is 2.32. The minimum atomic E-state index is -0.861. The van der Waals surface area contributed by atoms with E-state index in [1.54, 1.807) is 11.8 Å². The van der Waals surface area contributed by atoms with Gasteiger partial charge < -0.3 is 15.3 Å². The van der Waals surface area contributed by atoms with Gasteiger partial charge in [0.05, 0.1) is 18.1 Å². The van der Waals surface area contributed by atoms with Crippen molar-refractivity contribution in [2.75, 3.05) is 13.1 Å². The summed E-state index contributed by atoms with van der Waals surface area (Å²) in [5, 5.41) is 13.1. The normalized spacial score (nSPS) is 17.3. The van der Waals surface area contributed by atoms with Crippen LogP contribution in [-0.4, -0.2) is 40.5 Å². The molecule has 0 fully saturated rings. The molecular weight excluding hydrogens is 304 g/mol. The molecule has 5 heteroatoms. The highest BCUT2D eigenvalue weighted by molar-refractivity contribution is 5.79. The van der Waals surface area contributed by atoms with Crippen molar-refractivity contribution in [2.45, 2.75) is 58.1 Å². The fourth-order valence-corrected chi connectivity index (χ4v) is 3.26. The van der Waals surface area contributed by atoms with Gasteiger partial charge in [0.2, 0.25) is 11.8 Å². The van der Waals surface area contributed by atoms with Gasteiger partial charge in [-0.15, -0.1) is 0 Å². The quantitative estimate of drug-likeness (QED) is 0.839. The van der Waals surface area contributed by atoms with E-state index in [2.05, 4.69) is 11.4 Å². The molecular formula is C19H28N2O3. The van der Waals surface area contributed by atoms with Crippen LogP contribution in [0.5, 0.6) is 0 Å². The SMILES string of the molecule is CCC(O)(CC)CNC(=O)CC1c2ccccc2CCN1C(C)=O. The number of aliphatic hydroxyl groups is 1. The van der Waals surface area contributed by atoms with Crippen molar-refractivity contribution in [3.8, 4) is 0 Å². The standard InChI is InChI=1S/C19H28N2O3/c1-4-19(24,5-2)13-20-18(23)12-17-16-9-7-6-8-15(16)10-11-21(17)14(3)22/h6-9,17,24H,4-5,10-13H2,1-3H3,(H,20,23). The molecule has 2 amide bonds. The lowest BCUT2D eigenvalue weighted by Gasteiger charge is -2.36. The van der Waals surface area contributed by atoms with Gasteiger partial charge in [-0.1, -0.05) is 38.1 Å². The summed E-state index contributed by atoms with van der Waals surface area (Å²) < 4.78 is 0. The molecule has 1 heterocycles. The summed E-state index contributed by atoms with van der Waals surface area (Å²) in [6.45, 7) is 6.24. The second kappa shape index (κ2) is 7.79. The van der Waals surface area contributed by atoms with Gasteiger partial charge >= 0.3 is 0 Å². The van der Waals surface area contributed by atoms with Crippen molar-refractivity contribution in [1.82, 2.24) is 10.2 Å². The maximum absolute atomic E-state index is 12.4. The number of benzene rings is 1. The Kier molecular flexibility index (Phi) is 5.99. The maximum atomic E-state index is 12.4. The van der Waals surface area contributed by atoms with E-state index >= 15 is 0 Å². The summed E-state index contributed by atoms with van der Waals surface area (Å²) in [6.07, 6.45) is 2.23. The van der Waals surface area contributed by atoms with Crippen molar-refractivity contribution in [3.63, 3.8) is 0 Å². The lowest BCUT2D eigenvalue weighted by Crippen LogP contribution is -2.45. The third-order valence-corrected chi connectivity index (χ3v) is 5.13. The van der Waals surface area contributed by atoms with Crippen LogP contribution in [0.25, 0.3) is 0 Å². The van der Waals surface area contributed by atoms with Crippen LogP contribution < -0.4 is 5.32 Å². The van der Waals surface area contributed by atoms with E-state index in [9.17, 15) is 14.7 Å². The molecule has 1 unspecified atom stereocenters. The number of nitrogens with one attached hydrogen (secondary N) is 1. The van der Waals surface area contributed by atoms with Crippen LogP contribution in [0, 0.1) is 0 Å². The zero-order valence-corrected chi connectivity index (χ0v) is 14.8. The minimum absolute atomic E-state index is 0.0130. The van der Waals surface area contributed by atoms with Crippen molar-refractivity contribution in [3.05, 3.63) is 35.4 Å². The first-order valence-corrected chi connectivity index (χ1v) is 8.74. The predicted octanol–water partition coefficient (Wildman–Crippen LogP) is 2.19. The maximum Gasteiger partial charge on any atom is 0.222 e. The molecule has 1 aliphatic heterocycles. The highest BCUT2D eigenvalue weighted by atomic mass is 16.3. The average Bonchev–Trinajstić information content (AvgIpc) is 2.59. The van der Waals surface area contributed by atoms with E-state index in [-0.39, 0.29) is 30.8 Å². The summed E-state index contributed by atoms with van der Waals surface area (Å²) in [7, 11) is 0. The van der Waals surface area contributed by atoms with Gasteiger partial charge in [0, 0.05) is 20.0 Å². The van der Waals surface area contributed by atoms with Crippen molar-refractivity contribution in [1.29, 1.82) is 0 Å². The third kappa shape index (κ3) is 4.15. The van der Waals surface area contributed by atoms with Crippen molar-refractivity contribution >= 4 is 11.8 Å². The average molecular weight is 332 g/mol. The first-order valence-electron chi connectivity index (χ1n) is 8.74. The largest absolute Gasteiger partial charge is 0.388 e. The van der Waals surface area contributed by atoms with E-state index in [0.717, 1.165) is 12.0 Å². The molecule has 0 aliphatic carbocycles. The molecule has 1 atom stereocenters. The summed E-state index contributed by atoms with van der Waals surface area (Å²) in [6, 6.07) is 7.76. The molecule has 5 nitrogen and oxygen atoms in total. The van der Waals surface area contributed by atoms with Crippen LogP contribution in [0.1, 0.15) is 57.2 Å². The second-order valence-corrected chi connectivity index (χ2v) is 6.59. The lowest BCUT2D eigenvalue weighted by molar-refractivity contribution is -0.133. The summed E-state index contributed by atoms with van der Waals surface area (Å²) in [5.41, 5.74) is 1.39. The van der Waals surface area contributed by atoms with Crippen molar-refractivity contribution in [2.24, 2.45) is 0 Å². The fourth-order valence-electron chi connectivity index (χ4n) is 3.26. The van der Waals surface area contributed by atoms with Gasteiger partial charge in [0.15, 0.2) is 0 Å². The molecule has 0 aromatic heterocycles. The number of carbonyl (C=O) groups is 2. The number of carbonyl (C=O) groups excluding carboxylic acids is 2. The molecule has 0 radical (unpaired) electrons. The van der Waals surface area contributed by atoms with Gasteiger partial charge in [-0.2, -0.15) is 0 Å². The Morgan fingerprint density at radius 3 is 2.58 bits per heavy atom. The number of hydrogen-bond acceptors (Lipinski definition) is 3. The number of rotatable bonds is 6. The minimum Gasteiger partial charge on any atom is -0.388 e. The van der Waals surface area contributed by atoms with E-state index < -0.39 is 5.60 Å². The Hall–Kier alpha value is -1.88. The van der Waals surface area contributed by atoms with E-state index in [4.69, 9.17) is 0 Å². The third-order valence-electron chi connectivity index (χ3n) is 5.13. The number of hydrogen-bond donors (Lipinski definition) is 2. The van der Waals surface area contributed by atoms with E-state index in [0.29, 0.717) is 19.4 Å². The van der Waals surface area contributed by atoms with Crippen LogP contribution in [0.2, 0.25) is 0 Å². The zero-order chi connectivity index (χ0) is 17.7. The molecule has 132 valence electrons. The molecule has 0 bridgehead atoms. The second-order valence-electron chi connectivity index (χ2n) is 6.59. The fraction of sp³-hybridized carbons (Fsp3) is 0.579. The lowest BCUT2D eigenvalue weighted by atomic mass is 9.90. The number of fused-ring (bicyclic) bond motifs is 1. The van der Waals surface area contributed by atoms with Crippen LogP contribution >= 0.6 is 0 Å². The molecule has 1 aromatic rings. The van der Waals surface area contributed by atoms with Crippen LogP contribution in [0.15, 0.2) is 24.3 Å². The van der Waals surface area contributed by atoms with Gasteiger partial charge in [0.25, 0.3) is 0 Å². The zero-order valence-electron chi connectivity index (χ0n) is 14.8. The molecule has 2 rings (SSSR count). The first kappa shape index (κ1) is 18.5. The number of amides is 2. The van der Waals surface area contributed by atoms with Gasteiger partial charge in [0.1, 0.15) is 0 Å². The first-order chi connectivity index (χ1) is 11.4. The van der Waals surface area contributed by atoms with Crippen LogP contribution in [0.4, 0.5) is 0 Å². The smallest absolute Gasteiger partial charge is 0.222 e. The molecule has 1 aromatic carbocycles. The Balaban J connectivity index is 2.10. The molecule has 0 saturated carbocycles. The number of nitrogens with zero attached hydrogens (tertiary/aromatic N) is 1. The summed E-state index contributed by atoms with van der Waals surface area (Å²) in [4.78, 5) is 26.1. The highest BCUT2D eigenvalue weighted by Gasteiger charge is 2.31. The molecule has 1 aliphatic rings. The summed E-state index contributed by atoms with van der Waals surface area (Å²) in [5.74, 6) is -0.149. The Morgan fingerprint density at radius 2 is 1.96 bits per heavy atom. The van der Waals surface area contributed by atoms with Gasteiger partial charge in [-0.3, -0.25) is 9.59 Å². The monoisotopic (exact) mass is 332 g/mol. The molecule has 0 saturated heterocycles. The molecule has 2 N–H and O–H groups in total. The van der Waals surface area contributed by atoms with Crippen molar-refractivity contribution < 1.29 is 14.7 Å². The Morgan fingerprint density at radius 1 is 1.29 bits per heavy atom. The van der Waals surface area contributed by atoms with Crippen LogP contribution in [-0.2, 0) is 16.0 Å². The Labute approximate surface area is 144 Å². The van der Waals surface area contributed by atoms with E-state index in [1.165, 1.54) is 5.56 Å². The predicted molar refractivity (Wildman–Crippen MR) is 93.4 cm³/mol. The molecule has 24 heavy (non-hydrogen) atoms. The molecule has 0 spiro atoms. The Bertz CT molecular complexity index is 596. The van der Waals surface area contributed by atoms with E-state index in [1.807, 2.05) is 32.0 Å².